The number of carbonyl (C=O) groups is 1. The molecule has 0 aliphatic heterocycles. The van der Waals surface area contributed by atoms with E-state index in [-0.39, 0.29) is 5.91 Å². The molecule has 2 atom stereocenters. The molecule has 0 heterocycles. The van der Waals surface area contributed by atoms with E-state index in [0.29, 0.717) is 25.0 Å². The lowest BCUT2D eigenvalue weighted by atomic mass is 10.1. The molecule has 0 spiro atoms. The Morgan fingerprint density at radius 1 is 1.24 bits per heavy atom. The average Bonchev–Trinajstić information content (AvgIpc) is 3.37. The van der Waals surface area contributed by atoms with Crippen molar-refractivity contribution in [1.29, 1.82) is 0 Å². The Morgan fingerprint density at radius 3 is 2.76 bits per heavy atom. The molecule has 3 rings (SSSR count). The van der Waals surface area contributed by atoms with E-state index in [9.17, 15) is 4.79 Å². The minimum atomic E-state index is -0.229. The number of amides is 1. The lowest BCUT2D eigenvalue weighted by Crippen LogP contribution is -2.21. The Balaban J connectivity index is 1.43. The SMILES string of the molecule is NC(=O)CCCN[C@@H]1C[C@H]1c1ccc(OCc2cccc(Br)c2)cc1. The zero-order valence-electron chi connectivity index (χ0n) is 14.1. The van der Waals surface area contributed by atoms with Gasteiger partial charge in [0.25, 0.3) is 0 Å². The molecule has 1 saturated carbocycles. The minimum Gasteiger partial charge on any atom is -0.489 e. The van der Waals surface area contributed by atoms with Gasteiger partial charge in [0.1, 0.15) is 12.4 Å². The van der Waals surface area contributed by atoms with Gasteiger partial charge in [0.15, 0.2) is 0 Å². The van der Waals surface area contributed by atoms with Crippen LogP contribution in [-0.2, 0) is 11.4 Å². The van der Waals surface area contributed by atoms with Crippen molar-refractivity contribution in [2.75, 3.05) is 6.54 Å². The van der Waals surface area contributed by atoms with Crippen LogP contribution in [0.3, 0.4) is 0 Å². The van der Waals surface area contributed by atoms with Gasteiger partial charge >= 0.3 is 0 Å². The Morgan fingerprint density at radius 2 is 2.04 bits per heavy atom. The molecule has 0 bridgehead atoms. The number of benzene rings is 2. The summed E-state index contributed by atoms with van der Waals surface area (Å²) in [5.74, 6) is 1.22. The van der Waals surface area contributed by atoms with E-state index in [1.807, 2.05) is 24.3 Å². The van der Waals surface area contributed by atoms with Crippen molar-refractivity contribution in [3.8, 4) is 5.75 Å². The lowest BCUT2D eigenvalue weighted by Gasteiger charge is -2.08. The molecule has 3 N–H and O–H groups in total. The molecule has 0 saturated heterocycles. The second-order valence-corrected chi connectivity index (χ2v) is 7.38. The standard InChI is InChI=1S/C20H23BrN2O2/c21-16-4-1-3-14(11-16)13-25-17-8-6-15(7-9-17)18-12-19(18)23-10-2-5-20(22)24/h1,3-4,6-9,11,18-19,23H,2,5,10,12-13H2,(H2,22,24)/t18-,19+/m0/s1. The summed E-state index contributed by atoms with van der Waals surface area (Å²) in [6.45, 7) is 1.41. The lowest BCUT2D eigenvalue weighted by molar-refractivity contribution is -0.118. The Hall–Kier alpha value is -1.85. The summed E-state index contributed by atoms with van der Waals surface area (Å²) in [7, 11) is 0. The van der Waals surface area contributed by atoms with Crippen LogP contribution in [0, 0.1) is 0 Å². The number of carbonyl (C=O) groups excluding carboxylic acids is 1. The number of nitrogens with two attached hydrogens (primary N) is 1. The number of hydrogen-bond donors (Lipinski definition) is 2. The molecule has 2 aromatic rings. The largest absolute Gasteiger partial charge is 0.489 e. The normalized spacial score (nSPS) is 18.8. The monoisotopic (exact) mass is 402 g/mol. The molecule has 1 fully saturated rings. The maximum Gasteiger partial charge on any atom is 0.217 e. The summed E-state index contributed by atoms with van der Waals surface area (Å²) in [4.78, 5) is 10.7. The Kier molecular flexibility index (Phi) is 6.10. The summed E-state index contributed by atoms with van der Waals surface area (Å²) in [5.41, 5.74) is 7.62. The van der Waals surface area contributed by atoms with Crippen molar-refractivity contribution in [3.05, 3.63) is 64.1 Å². The van der Waals surface area contributed by atoms with Crippen LogP contribution in [0.4, 0.5) is 0 Å². The fourth-order valence-electron chi connectivity index (χ4n) is 2.94. The highest BCUT2D eigenvalue weighted by Gasteiger charge is 2.37. The minimum absolute atomic E-state index is 0.229. The Labute approximate surface area is 156 Å². The fourth-order valence-corrected chi connectivity index (χ4v) is 3.39. The van der Waals surface area contributed by atoms with Gasteiger partial charge in [-0.2, -0.15) is 0 Å². The second kappa shape index (κ2) is 8.50. The zero-order valence-corrected chi connectivity index (χ0v) is 15.7. The van der Waals surface area contributed by atoms with E-state index in [4.69, 9.17) is 10.5 Å². The van der Waals surface area contributed by atoms with E-state index >= 15 is 0 Å². The van der Waals surface area contributed by atoms with E-state index in [1.165, 1.54) is 5.56 Å². The molecule has 1 aliphatic carbocycles. The maximum atomic E-state index is 10.7. The summed E-state index contributed by atoms with van der Waals surface area (Å²) in [5, 5.41) is 3.48. The molecular weight excluding hydrogens is 380 g/mol. The molecular formula is C20H23BrN2O2. The first kappa shape index (κ1) is 18.0. The first-order valence-corrected chi connectivity index (χ1v) is 9.40. The van der Waals surface area contributed by atoms with Gasteiger partial charge in [0.05, 0.1) is 0 Å². The number of halogens is 1. The molecule has 5 heteroatoms. The van der Waals surface area contributed by atoms with Crippen LogP contribution in [0.5, 0.6) is 5.75 Å². The highest BCUT2D eigenvalue weighted by molar-refractivity contribution is 9.10. The van der Waals surface area contributed by atoms with Gasteiger partial charge in [-0.3, -0.25) is 4.79 Å². The maximum absolute atomic E-state index is 10.7. The van der Waals surface area contributed by atoms with Gasteiger partial charge < -0.3 is 15.8 Å². The smallest absolute Gasteiger partial charge is 0.217 e. The van der Waals surface area contributed by atoms with Gasteiger partial charge in [-0.25, -0.2) is 0 Å². The highest BCUT2D eigenvalue weighted by Crippen LogP contribution is 2.41. The molecule has 132 valence electrons. The van der Waals surface area contributed by atoms with Crippen LogP contribution >= 0.6 is 15.9 Å². The number of rotatable bonds is 9. The van der Waals surface area contributed by atoms with Crippen LogP contribution in [0.1, 0.15) is 36.3 Å². The third-order valence-corrected chi connectivity index (χ3v) is 4.89. The average molecular weight is 403 g/mol. The van der Waals surface area contributed by atoms with Gasteiger partial charge in [0, 0.05) is 22.9 Å². The molecule has 4 nitrogen and oxygen atoms in total. The van der Waals surface area contributed by atoms with Crippen LogP contribution in [-0.4, -0.2) is 18.5 Å². The van der Waals surface area contributed by atoms with E-state index in [1.54, 1.807) is 0 Å². The number of primary amides is 1. The van der Waals surface area contributed by atoms with Crippen LogP contribution < -0.4 is 15.8 Å². The predicted molar refractivity (Wildman–Crippen MR) is 102 cm³/mol. The first-order chi connectivity index (χ1) is 12.1. The molecule has 0 radical (unpaired) electrons. The molecule has 0 aromatic heterocycles. The number of nitrogens with one attached hydrogen (secondary N) is 1. The molecule has 1 amide bonds. The van der Waals surface area contributed by atoms with Gasteiger partial charge in [0.2, 0.25) is 5.91 Å². The van der Waals surface area contributed by atoms with Gasteiger partial charge in [-0.15, -0.1) is 0 Å². The first-order valence-electron chi connectivity index (χ1n) is 8.61. The van der Waals surface area contributed by atoms with Crippen LogP contribution in [0.2, 0.25) is 0 Å². The number of hydrogen-bond acceptors (Lipinski definition) is 3. The van der Waals surface area contributed by atoms with E-state index < -0.39 is 0 Å². The van der Waals surface area contributed by atoms with Gasteiger partial charge in [-0.05, 0) is 54.8 Å². The molecule has 1 aliphatic rings. The number of ether oxygens (including phenoxy) is 1. The van der Waals surface area contributed by atoms with Gasteiger partial charge in [-0.1, -0.05) is 40.2 Å². The second-order valence-electron chi connectivity index (χ2n) is 6.46. The van der Waals surface area contributed by atoms with Crippen molar-refractivity contribution in [2.24, 2.45) is 5.73 Å². The van der Waals surface area contributed by atoms with Crippen molar-refractivity contribution >= 4 is 21.8 Å². The fraction of sp³-hybridized carbons (Fsp3) is 0.350. The summed E-state index contributed by atoms with van der Waals surface area (Å²) in [6.07, 6.45) is 2.41. The van der Waals surface area contributed by atoms with Crippen LogP contribution in [0.15, 0.2) is 53.0 Å². The van der Waals surface area contributed by atoms with E-state index in [2.05, 4.69) is 45.5 Å². The van der Waals surface area contributed by atoms with E-state index in [0.717, 1.165) is 35.2 Å². The van der Waals surface area contributed by atoms with Crippen molar-refractivity contribution in [3.63, 3.8) is 0 Å². The molecule has 2 aromatic carbocycles. The summed E-state index contributed by atoms with van der Waals surface area (Å²) in [6, 6.07) is 17.0. The topological polar surface area (TPSA) is 64.4 Å². The van der Waals surface area contributed by atoms with Crippen molar-refractivity contribution in [2.45, 2.75) is 37.8 Å². The zero-order chi connectivity index (χ0) is 17.6. The molecule has 25 heavy (non-hydrogen) atoms. The van der Waals surface area contributed by atoms with Crippen LogP contribution in [0.25, 0.3) is 0 Å². The molecule has 0 unspecified atom stereocenters. The predicted octanol–water partition coefficient (Wildman–Crippen LogP) is 3.74. The third-order valence-electron chi connectivity index (χ3n) is 4.40. The highest BCUT2D eigenvalue weighted by atomic mass is 79.9. The Bertz CT molecular complexity index is 718. The van der Waals surface area contributed by atoms with Crippen molar-refractivity contribution in [1.82, 2.24) is 5.32 Å². The summed E-state index contributed by atoms with van der Waals surface area (Å²) >= 11 is 3.47. The quantitative estimate of drug-likeness (QED) is 0.627. The third kappa shape index (κ3) is 5.58. The van der Waals surface area contributed by atoms with Crippen molar-refractivity contribution < 1.29 is 9.53 Å². The summed E-state index contributed by atoms with van der Waals surface area (Å²) < 4.78 is 6.91.